The quantitative estimate of drug-likeness (QED) is 0.920. The standard InChI is InChI=1S/C14H20N4O2S/c1-17-8-10(7-12(17)19)13(20)15-11-9-21-14(16-11)18-5-3-2-4-6-18/h9-10H,2-8H2,1H3,(H,15,20). The monoisotopic (exact) mass is 308 g/mol. The van der Waals surface area contributed by atoms with Gasteiger partial charge in [0, 0.05) is 38.5 Å². The highest BCUT2D eigenvalue weighted by atomic mass is 32.1. The fourth-order valence-electron chi connectivity index (χ4n) is 2.82. The lowest BCUT2D eigenvalue weighted by molar-refractivity contribution is -0.127. The molecule has 1 N–H and O–H groups in total. The molecule has 2 fully saturated rings. The average Bonchev–Trinajstić information content (AvgIpc) is 3.08. The summed E-state index contributed by atoms with van der Waals surface area (Å²) >= 11 is 1.56. The summed E-state index contributed by atoms with van der Waals surface area (Å²) in [6.07, 6.45) is 4.00. The summed E-state index contributed by atoms with van der Waals surface area (Å²) in [6.45, 7) is 2.58. The molecule has 2 aliphatic heterocycles. The molecule has 21 heavy (non-hydrogen) atoms. The van der Waals surface area contributed by atoms with Gasteiger partial charge in [-0.1, -0.05) is 0 Å². The molecule has 2 saturated heterocycles. The van der Waals surface area contributed by atoms with Gasteiger partial charge in [-0.25, -0.2) is 4.98 Å². The number of nitrogens with one attached hydrogen (secondary N) is 1. The van der Waals surface area contributed by atoms with Crippen molar-refractivity contribution in [3.8, 4) is 0 Å². The number of thiazole rings is 1. The number of hydrogen-bond acceptors (Lipinski definition) is 5. The van der Waals surface area contributed by atoms with Crippen LogP contribution in [-0.2, 0) is 9.59 Å². The van der Waals surface area contributed by atoms with Gasteiger partial charge in [-0.05, 0) is 19.3 Å². The van der Waals surface area contributed by atoms with E-state index in [0.717, 1.165) is 18.2 Å². The van der Waals surface area contributed by atoms with Crippen LogP contribution in [0, 0.1) is 5.92 Å². The van der Waals surface area contributed by atoms with Crippen LogP contribution < -0.4 is 10.2 Å². The van der Waals surface area contributed by atoms with Crippen molar-refractivity contribution in [2.24, 2.45) is 5.92 Å². The number of amides is 2. The van der Waals surface area contributed by atoms with Crippen LogP contribution in [0.4, 0.5) is 10.9 Å². The second-order valence-electron chi connectivity index (χ2n) is 5.73. The Morgan fingerprint density at radius 3 is 2.81 bits per heavy atom. The molecule has 0 aromatic carbocycles. The van der Waals surface area contributed by atoms with Crippen LogP contribution in [0.1, 0.15) is 25.7 Å². The first-order chi connectivity index (χ1) is 10.1. The third-order valence-corrected chi connectivity index (χ3v) is 4.98. The molecule has 7 heteroatoms. The Bertz CT molecular complexity index is 539. The van der Waals surface area contributed by atoms with Crippen molar-refractivity contribution in [1.82, 2.24) is 9.88 Å². The van der Waals surface area contributed by atoms with Crippen molar-refractivity contribution < 1.29 is 9.59 Å². The molecule has 0 radical (unpaired) electrons. The first kappa shape index (κ1) is 14.3. The van der Waals surface area contributed by atoms with Crippen LogP contribution in [0.25, 0.3) is 0 Å². The smallest absolute Gasteiger partial charge is 0.230 e. The van der Waals surface area contributed by atoms with E-state index in [2.05, 4.69) is 15.2 Å². The Kier molecular flexibility index (Phi) is 4.10. The van der Waals surface area contributed by atoms with E-state index in [1.807, 2.05) is 5.38 Å². The number of nitrogens with zero attached hydrogens (tertiary/aromatic N) is 3. The van der Waals surface area contributed by atoms with Crippen LogP contribution in [-0.4, -0.2) is 48.4 Å². The lowest BCUT2D eigenvalue weighted by atomic mass is 10.1. The zero-order chi connectivity index (χ0) is 14.8. The van der Waals surface area contributed by atoms with Crippen molar-refractivity contribution in [2.45, 2.75) is 25.7 Å². The first-order valence-corrected chi connectivity index (χ1v) is 8.27. The van der Waals surface area contributed by atoms with Crippen molar-refractivity contribution in [3.05, 3.63) is 5.38 Å². The topological polar surface area (TPSA) is 65.5 Å². The number of carbonyl (C=O) groups excluding carboxylic acids is 2. The average molecular weight is 308 g/mol. The minimum absolute atomic E-state index is 0.0300. The van der Waals surface area contributed by atoms with Gasteiger partial charge in [0.1, 0.15) is 5.82 Å². The third-order valence-electron chi connectivity index (χ3n) is 4.08. The van der Waals surface area contributed by atoms with Crippen LogP contribution in [0.15, 0.2) is 5.38 Å². The number of carbonyl (C=O) groups is 2. The van der Waals surface area contributed by atoms with Crippen LogP contribution in [0.5, 0.6) is 0 Å². The molecule has 2 aliphatic rings. The minimum Gasteiger partial charge on any atom is -0.348 e. The van der Waals surface area contributed by atoms with E-state index in [1.54, 1.807) is 23.3 Å². The van der Waals surface area contributed by atoms with E-state index >= 15 is 0 Å². The van der Waals surface area contributed by atoms with Gasteiger partial charge in [-0.2, -0.15) is 0 Å². The zero-order valence-corrected chi connectivity index (χ0v) is 13.0. The highest BCUT2D eigenvalue weighted by Gasteiger charge is 2.32. The number of hydrogen-bond donors (Lipinski definition) is 1. The summed E-state index contributed by atoms with van der Waals surface area (Å²) in [5.74, 6) is 0.265. The molecule has 1 atom stereocenters. The molecule has 6 nitrogen and oxygen atoms in total. The molecular weight excluding hydrogens is 288 g/mol. The molecule has 3 heterocycles. The van der Waals surface area contributed by atoms with E-state index in [4.69, 9.17) is 0 Å². The Morgan fingerprint density at radius 2 is 2.14 bits per heavy atom. The van der Waals surface area contributed by atoms with Crippen LogP contribution in [0.3, 0.4) is 0 Å². The van der Waals surface area contributed by atoms with Gasteiger partial charge in [0.2, 0.25) is 11.8 Å². The van der Waals surface area contributed by atoms with Gasteiger partial charge in [0.05, 0.1) is 5.92 Å². The molecular formula is C14H20N4O2S. The van der Waals surface area contributed by atoms with Crippen LogP contribution in [0.2, 0.25) is 0 Å². The zero-order valence-electron chi connectivity index (χ0n) is 12.2. The van der Waals surface area contributed by atoms with E-state index in [0.29, 0.717) is 18.8 Å². The molecule has 0 saturated carbocycles. The Morgan fingerprint density at radius 1 is 1.38 bits per heavy atom. The Hall–Kier alpha value is -1.63. The van der Waals surface area contributed by atoms with E-state index in [9.17, 15) is 9.59 Å². The molecule has 1 aromatic heterocycles. The third kappa shape index (κ3) is 3.18. The lowest BCUT2D eigenvalue weighted by Gasteiger charge is -2.25. The predicted molar refractivity (Wildman–Crippen MR) is 82.6 cm³/mol. The number of likely N-dealkylation sites (tertiary alicyclic amines) is 1. The van der Waals surface area contributed by atoms with Gasteiger partial charge in [0.25, 0.3) is 0 Å². The van der Waals surface area contributed by atoms with Crippen molar-refractivity contribution in [3.63, 3.8) is 0 Å². The van der Waals surface area contributed by atoms with Gasteiger partial charge in [0.15, 0.2) is 5.13 Å². The second-order valence-corrected chi connectivity index (χ2v) is 6.56. The molecule has 1 unspecified atom stereocenters. The van der Waals surface area contributed by atoms with Gasteiger partial charge < -0.3 is 15.1 Å². The van der Waals surface area contributed by atoms with Gasteiger partial charge >= 0.3 is 0 Å². The first-order valence-electron chi connectivity index (χ1n) is 7.39. The maximum absolute atomic E-state index is 12.2. The SMILES string of the molecule is CN1CC(C(=O)Nc2csc(N3CCCCC3)n2)CC1=O. The van der Waals surface area contributed by atoms with Crippen LogP contribution >= 0.6 is 11.3 Å². The molecule has 1 aromatic rings. The summed E-state index contributed by atoms with van der Waals surface area (Å²) in [5, 5.41) is 5.69. The van der Waals surface area contributed by atoms with Crippen molar-refractivity contribution >= 4 is 34.1 Å². The largest absolute Gasteiger partial charge is 0.348 e. The summed E-state index contributed by atoms with van der Waals surface area (Å²) in [4.78, 5) is 32.0. The fourth-order valence-corrected chi connectivity index (χ4v) is 3.63. The number of piperidine rings is 1. The molecule has 3 rings (SSSR count). The molecule has 0 bridgehead atoms. The van der Waals surface area contributed by atoms with Gasteiger partial charge in [-0.15, -0.1) is 11.3 Å². The molecule has 0 spiro atoms. The van der Waals surface area contributed by atoms with Crippen molar-refractivity contribution in [1.29, 1.82) is 0 Å². The molecule has 2 amide bonds. The summed E-state index contributed by atoms with van der Waals surface area (Å²) < 4.78 is 0. The van der Waals surface area contributed by atoms with E-state index in [-0.39, 0.29) is 17.7 Å². The number of anilines is 2. The van der Waals surface area contributed by atoms with E-state index < -0.39 is 0 Å². The predicted octanol–water partition coefficient (Wildman–Crippen LogP) is 1.55. The summed E-state index contributed by atoms with van der Waals surface area (Å²) in [7, 11) is 1.73. The number of aromatic nitrogens is 1. The Labute approximate surface area is 128 Å². The normalized spacial score (nSPS) is 22.7. The molecule has 0 aliphatic carbocycles. The Balaban J connectivity index is 1.59. The minimum atomic E-state index is -0.261. The maximum Gasteiger partial charge on any atom is 0.230 e. The lowest BCUT2D eigenvalue weighted by Crippen LogP contribution is -2.29. The number of rotatable bonds is 3. The second kappa shape index (κ2) is 6.01. The highest BCUT2D eigenvalue weighted by Crippen LogP contribution is 2.27. The molecule has 114 valence electrons. The van der Waals surface area contributed by atoms with Crippen molar-refractivity contribution in [2.75, 3.05) is 36.9 Å². The maximum atomic E-state index is 12.2. The highest BCUT2D eigenvalue weighted by molar-refractivity contribution is 7.14. The van der Waals surface area contributed by atoms with E-state index in [1.165, 1.54) is 19.3 Å². The summed E-state index contributed by atoms with van der Waals surface area (Å²) in [5.41, 5.74) is 0. The van der Waals surface area contributed by atoms with Gasteiger partial charge in [-0.3, -0.25) is 9.59 Å². The fraction of sp³-hybridized carbons (Fsp3) is 0.643. The summed E-state index contributed by atoms with van der Waals surface area (Å²) in [6, 6.07) is 0.